The van der Waals surface area contributed by atoms with E-state index < -0.39 is 17.0 Å². The highest BCUT2D eigenvalue weighted by atomic mass is 16.5. The van der Waals surface area contributed by atoms with Crippen LogP contribution < -0.4 is 25.8 Å². The van der Waals surface area contributed by atoms with Crippen LogP contribution in [0.5, 0.6) is 11.5 Å². The maximum absolute atomic E-state index is 12.6. The number of urea groups is 1. The Morgan fingerprint density at radius 3 is 2.58 bits per heavy atom. The summed E-state index contributed by atoms with van der Waals surface area (Å²) in [7, 11) is 1.60. The number of nitrogens with two attached hydrogens (primary N) is 1. The molecule has 2 aliphatic rings. The molecule has 1 aromatic carbocycles. The van der Waals surface area contributed by atoms with E-state index in [1.807, 2.05) is 32.0 Å². The summed E-state index contributed by atoms with van der Waals surface area (Å²) >= 11 is 0. The average Bonchev–Trinajstić information content (AvgIpc) is 3.02. The van der Waals surface area contributed by atoms with E-state index >= 15 is 0 Å². The lowest BCUT2D eigenvalue weighted by molar-refractivity contribution is -0.123. The van der Waals surface area contributed by atoms with Gasteiger partial charge in [0.15, 0.2) is 0 Å². The summed E-state index contributed by atoms with van der Waals surface area (Å²) in [4.78, 5) is 24.5. The molecule has 1 aromatic rings. The number of fused-ring (bicyclic) bond motifs is 1. The van der Waals surface area contributed by atoms with E-state index in [2.05, 4.69) is 10.6 Å². The minimum Gasteiger partial charge on any atom is -0.497 e. The van der Waals surface area contributed by atoms with E-state index in [0.717, 1.165) is 18.4 Å². The molecule has 1 aliphatic carbocycles. The van der Waals surface area contributed by atoms with Crippen molar-refractivity contribution < 1.29 is 19.1 Å². The Labute approximate surface area is 153 Å². The molecule has 0 spiro atoms. The molecule has 1 saturated carbocycles. The fraction of sp³-hybridized carbons (Fsp3) is 0.579. The van der Waals surface area contributed by atoms with Gasteiger partial charge < -0.3 is 25.8 Å². The Hall–Kier alpha value is -2.44. The molecule has 0 saturated heterocycles. The third-order valence-corrected chi connectivity index (χ3v) is 5.27. The van der Waals surface area contributed by atoms with E-state index in [0.29, 0.717) is 30.8 Å². The molecule has 1 heterocycles. The van der Waals surface area contributed by atoms with Crippen LogP contribution >= 0.6 is 0 Å². The van der Waals surface area contributed by atoms with E-state index in [4.69, 9.17) is 15.2 Å². The number of hydrogen-bond donors (Lipinski definition) is 3. The van der Waals surface area contributed by atoms with Crippen molar-refractivity contribution in [2.45, 2.75) is 63.1 Å². The first-order chi connectivity index (χ1) is 12.2. The van der Waals surface area contributed by atoms with E-state index in [1.54, 1.807) is 7.11 Å². The van der Waals surface area contributed by atoms with Gasteiger partial charge in [0.2, 0.25) is 5.91 Å². The largest absolute Gasteiger partial charge is 0.497 e. The van der Waals surface area contributed by atoms with Crippen molar-refractivity contribution in [3.63, 3.8) is 0 Å². The summed E-state index contributed by atoms with van der Waals surface area (Å²) in [6.45, 7) is 3.95. The summed E-state index contributed by atoms with van der Waals surface area (Å²) < 4.78 is 11.3. The first kappa shape index (κ1) is 18.4. The third-order valence-electron chi connectivity index (χ3n) is 5.27. The normalized spacial score (nSPS) is 22.7. The summed E-state index contributed by atoms with van der Waals surface area (Å²) in [5.74, 6) is 0.919. The number of nitrogens with one attached hydrogen (secondary N) is 2. The predicted molar refractivity (Wildman–Crippen MR) is 97.1 cm³/mol. The van der Waals surface area contributed by atoms with Crippen molar-refractivity contribution in [3.8, 4) is 11.5 Å². The molecular weight excluding hydrogens is 334 g/mol. The summed E-state index contributed by atoms with van der Waals surface area (Å²) in [5.41, 5.74) is 5.06. The van der Waals surface area contributed by atoms with Crippen LogP contribution in [0.15, 0.2) is 18.2 Å². The standard InChI is InChI=1S/C19H27N3O4/c1-18(2)11-14(13-7-6-12(25-3)10-15(13)26-18)21-17(24)22-19(16(20)23)8-4-5-9-19/h6-7,10,14H,4-5,8-9,11H2,1-3H3,(H2,20,23)(H2,21,22,24)/t14-/m0/s1. The van der Waals surface area contributed by atoms with Crippen molar-refractivity contribution in [3.05, 3.63) is 23.8 Å². The maximum Gasteiger partial charge on any atom is 0.316 e. The van der Waals surface area contributed by atoms with Gasteiger partial charge in [-0.3, -0.25) is 4.79 Å². The van der Waals surface area contributed by atoms with Gasteiger partial charge in [-0.2, -0.15) is 0 Å². The number of carbonyl (C=O) groups is 2. The maximum atomic E-state index is 12.6. The molecule has 7 nitrogen and oxygen atoms in total. The van der Waals surface area contributed by atoms with Crippen LogP contribution in [0.25, 0.3) is 0 Å². The Balaban J connectivity index is 1.79. The van der Waals surface area contributed by atoms with Gasteiger partial charge in [0.25, 0.3) is 0 Å². The van der Waals surface area contributed by atoms with Gasteiger partial charge in [0.05, 0.1) is 13.2 Å². The number of carbonyl (C=O) groups excluding carboxylic acids is 2. The topological polar surface area (TPSA) is 103 Å². The van der Waals surface area contributed by atoms with Crippen LogP contribution in [0.3, 0.4) is 0 Å². The van der Waals surface area contributed by atoms with Crippen molar-refractivity contribution in [2.24, 2.45) is 5.73 Å². The van der Waals surface area contributed by atoms with Crippen LogP contribution in [0.1, 0.15) is 57.6 Å². The third kappa shape index (κ3) is 3.57. The summed E-state index contributed by atoms with van der Waals surface area (Å²) in [6.07, 6.45) is 3.56. The first-order valence-electron chi connectivity index (χ1n) is 9.00. The number of rotatable bonds is 4. The SMILES string of the molecule is COc1ccc2c(c1)OC(C)(C)C[C@@H]2NC(=O)NC1(C(N)=O)CCCC1. The quantitative estimate of drug-likeness (QED) is 0.766. The van der Waals surface area contributed by atoms with E-state index in [1.165, 1.54) is 0 Å². The zero-order chi connectivity index (χ0) is 18.9. The van der Waals surface area contributed by atoms with Crippen molar-refractivity contribution >= 4 is 11.9 Å². The fourth-order valence-corrected chi connectivity index (χ4v) is 3.91. The predicted octanol–water partition coefficient (Wildman–Crippen LogP) is 2.39. The molecule has 0 aromatic heterocycles. The second-order valence-corrected chi connectivity index (χ2v) is 7.77. The number of methoxy groups -OCH3 is 1. The minimum atomic E-state index is -0.937. The van der Waals surface area contributed by atoms with Crippen LogP contribution in [0.2, 0.25) is 0 Å². The van der Waals surface area contributed by atoms with Crippen LogP contribution in [-0.2, 0) is 4.79 Å². The van der Waals surface area contributed by atoms with Crippen LogP contribution in [0.4, 0.5) is 4.79 Å². The van der Waals surface area contributed by atoms with Gasteiger partial charge in [0, 0.05) is 18.1 Å². The number of benzene rings is 1. The van der Waals surface area contributed by atoms with Crippen molar-refractivity contribution in [1.29, 1.82) is 0 Å². The highest BCUT2D eigenvalue weighted by Crippen LogP contribution is 2.41. The molecule has 4 N–H and O–H groups in total. The number of hydrogen-bond acceptors (Lipinski definition) is 4. The molecule has 1 aliphatic heterocycles. The zero-order valence-corrected chi connectivity index (χ0v) is 15.6. The van der Waals surface area contributed by atoms with Crippen molar-refractivity contribution in [1.82, 2.24) is 10.6 Å². The van der Waals surface area contributed by atoms with Crippen molar-refractivity contribution in [2.75, 3.05) is 7.11 Å². The molecule has 26 heavy (non-hydrogen) atoms. The Kier molecular flexibility index (Phi) is 4.73. The molecule has 7 heteroatoms. The molecule has 0 radical (unpaired) electrons. The van der Waals surface area contributed by atoms with Crippen LogP contribution in [-0.4, -0.2) is 30.2 Å². The van der Waals surface area contributed by atoms with E-state index in [-0.39, 0.29) is 12.1 Å². The number of primary amides is 1. The fourth-order valence-electron chi connectivity index (χ4n) is 3.91. The second-order valence-electron chi connectivity index (χ2n) is 7.77. The molecule has 3 rings (SSSR count). The molecule has 1 atom stereocenters. The molecule has 0 bridgehead atoms. The average molecular weight is 361 g/mol. The molecule has 1 fully saturated rings. The highest BCUT2D eigenvalue weighted by Gasteiger charge is 2.42. The van der Waals surface area contributed by atoms with Gasteiger partial charge >= 0.3 is 6.03 Å². The number of amides is 3. The Bertz CT molecular complexity index is 711. The summed E-state index contributed by atoms with van der Waals surface area (Å²) in [6, 6.07) is 4.95. The first-order valence-corrected chi connectivity index (χ1v) is 9.00. The Morgan fingerprint density at radius 2 is 1.96 bits per heavy atom. The van der Waals surface area contributed by atoms with Gasteiger partial charge in [-0.15, -0.1) is 0 Å². The molecule has 3 amide bonds. The molecule has 142 valence electrons. The Morgan fingerprint density at radius 1 is 1.27 bits per heavy atom. The number of ether oxygens (including phenoxy) is 2. The zero-order valence-electron chi connectivity index (χ0n) is 15.6. The highest BCUT2D eigenvalue weighted by molar-refractivity contribution is 5.90. The van der Waals surface area contributed by atoms with E-state index in [9.17, 15) is 9.59 Å². The van der Waals surface area contributed by atoms with Gasteiger partial charge in [-0.05, 0) is 38.8 Å². The van der Waals surface area contributed by atoms with Gasteiger partial charge in [0.1, 0.15) is 22.6 Å². The molecule has 0 unspecified atom stereocenters. The lowest BCUT2D eigenvalue weighted by Gasteiger charge is -2.38. The van der Waals surface area contributed by atoms with Gasteiger partial charge in [-0.1, -0.05) is 12.8 Å². The lowest BCUT2D eigenvalue weighted by Crippen LogP contribution is -2.58. The lowest BCUT2D eigenvalue weighted by atomic mass is 9.89. The van der Waals surface area contributed by atoms with Gasteiger partial charge in [-0.25, -0.2) is 4.79 Å². The monoisotopic (exact) mass is 361 g/mol. The molecular formula is C19H27N3O4. The van der Waals surface area contributed by atoms with Crippen LogP contribution in [0, 0.1) is 0 Å². The summed E-state index contributed by atoms with van der Waals surface area (Å²) in [5, 5.41) is 5.83. The smallest absolute Gasteiger partial charge is 0.316 e. The minimum absolute atomic E-state index is 0.231. The second kappa shape index (κ2) is 6.70.